The molecule has 1 aromatic rings. The Morgan fingerprint density at radius 1 is 1.26 bits per heavy atom. The number of benzene rings is 1. The second-order valence-electron chi connectivity index (χ2n) is 6.23. The molecule has 130 valence electrons. The normalized spacial score (nSPS) is 15.6. The lowest BCUT2D eigenvalue weighted by Crippen LogP contribution is -2.40. The molecule has 1 saturated heterocycles. The number of hydrogen-bond acceptors (Lipinski definition) is 3. The summed E-state index contributed by atoms with van der Waals surface area (Å²) in [6.45, 7) is 10.4. The molecule has 0 bridgehead atoms. The van der Waals surface area contributed by atoms with Crippen LogP contribution < -0.4 is 5.32 Å². The van der Waals surface area contributed by atoms with Crippen molar-refractivity contribution < 1.29 is 4.79 Å². The van der Waals surface area contributed by atoms with Gasteiger partial charge in [-0.05, 0) is 56.1 Å². The minimum absolute atomic E-state index is 0. The largest absolute Gasteiger partial charge is 0.339 e. The van der Waals surface area contributed by atoms with E-state index in [1.807, 2.05) is 28.8 Å². The van der Waals surface area contributed by atoms with Gasteiger partial charge in [0.15, 0.2) is 0 Å². The van der Waals surface area contributed by atoms with Crippen LogP contribution in [-0.2, 0) is 0 Å². The first-order valence-electron chi connectivity index (χ1n) is 8.37. The molecular formula is C18H29ClN2OS. The van der Waals surface area contributed by atoms with Gasteiger partial charge >= 0.3 is 0 Å². The van der Waals surface area contributed by atoms with Crippen molar-refractivity contribution in [1.82, 2.24) is 10.2 Å². The number of nitrogens with one attached hydrogen (secondary N) is 1. The van der Waals surface area contributed by atoms with Gasteiger partial charge in [0.05, 0.1) is 0 Å². The summed E-state index contributed by atoms with van der Waals surface area (Å²) in [6.07, 6.45) is 2.22. The van der Waals surface area contributed by atoms with Gasteiger partial charge < -0.3 is 10.2 Å². The van der Waals surface area contributed by atoms with Crippen LogP contribution in [0.15, 0.2) is 29.2 Å². The first kappa shape index (κ1) is 20.3. The third-order valence-corrected chi connectivity index (χ3v) is 5.07. The zero-order valence-corrected chi connectivity index (χ0v) is 16.0. The van der Waals surface area contributed by atoms with E-state index in [-0.39, 0.29) is 18.3 Å². The quantitative estimate of drug-likeness (QED) is 0.780. The molecule has 1 N–H and O–H groups in total. The number of rotatable bonds is 6. The summed E-state index contributed by atoms with van der Waals surface area (Å²) in [4.78, 5) is 15.8. The Balaban J connectivity index is 0.00000264. The van der Waals surface area contributed by atoms with Crippen molar-refractivity contribution >= 4 is 30.1 Å². The fourth-order valence-corrected chi connectivity index (χ4v) is 3.66. The van der Waals surface area contributed by atoms with E-state index < -0.39 is 0 Å². The Kier molecular flexibility index (Phi) is 9.03. The van der Waals surface area contributed by atoms with Crippen LogP contribution in [0.25, 0.3) is 0 Å². The zero-order chi connectivity index (χ0) is 15.9. The van der Waals surface area contributed by atoms with Crippen molar-refractivity contribution in [2.45, 2.75) is 43.8 Å². The number of amides is 1. The highest BCUT2D eigenvalue weighted by Gasteiger charge is 2.23. The molecule has 5 heteroatoms. The smallest absolute Gasteiger partial charge is 0.253 e. The number of nitrogens with zero attached hydrogens (tertiary/aromatic N) is 1. The average Bonchev–Trinajstić information content (AvgIpc) is 2.53. The molecule has 0 spiro atoms. The predicted octanol–water partition coefficient (Wildman–Crippen LogP) is 4.07. The van der Waals surface area contributed by atoms with Crippen LogP contribution in [0.4, 0.5) is 0 Å². The monoisotopic (exact) mass is 356 g/mol. The van der Waals surface area contributed by atoms with Gasteiger partial charge in [0, 0.05) is 28.8 Å². The molecule has 0 unspecified atom stereocenters. The third kappa shape index (κ3) is 6.36. The Bertz CT molecular complexity index is 470. The lowest BCUT2D eigenvalue weighted by Gasteiger charge is -2.32. The van der Waals surface area contributed by atoms with E-state index in [2.05, 4.69) is 38.2 Å². The minimum atomic E-state index is 0. The molecule has 0 saturated carbocycles. The van der Waals surface area contributed by atoms with Crippen molar-refractivity contribution in [3.8, 4) is 0 Å². The topological polar surface area (TPSA) is 32.3 Å². The molecule has 0 aromatic heterocycles. The van der Waals surface area contributed by atoms with E-state index in [1.54, 1.807) is 0 Å². The maximum atomic E-state index is 12.6. The lowest BCUT2D eigenvalue weighted by molar-refractivity contribution is 0.0690. The summed E-state index contributed by atoms with van der Waals surface area (Å²) >= 11 is 1.83. The number of hydrogen-bond donors (Lipinski definition) is 1. The van der Waals surface area contributed by atoms with Crippen LogP contribution >= 0.6 is 24.2 Å². The molecule has 1 aromatic carbocycles. The Hall–Kier alpha value is -0.710. The predicted molar refractivity (Wildman–Crippen MR) is 102 cm³/mol. The molecule has 1 fully saturated rings. The van der Waals surface area contributed by atoms with Crippen LogP contribution in [0.3, 0.4) is 0 Å². The fraction of sp³-hybridized carbons (Fsp3) is 0.611. The van der Waals surface area contributed by atoms with Crippen molar-refractivity contribution in [1.29, 1.82) is 0 Å². The Labute approximate surface area is 151 Å². The number of carbonyl (C=O) groups excluding carboxylic acids is 1. The summed E-state index contributed by atoms with van der Waals surface area (Å²) in [6, 6.07) is 8.07. The second kappa shape index (κ2) is 10.2. The van der Waals surface area contributed by atoms with Gasteiger partial charge in [0.25, 0.3) is 5.91 Å². The molecule has 2 rings (SSSR count). The minimum Gasteiger partial charge on any atom is -0.339 e. The van der Waals surface area contributed by atoms with E-state index in [9.17, 15) is 4.79 Å². The number of piperidine rings is 1. The Morgan fingerprint density at radius 3 is 2.39 bits per heavy atom. The van der Waals surface area contributed by atoms with Gasteiger partial charge in [-0.25, -0.2) is 0 Å². The second-order valence-corrected chi connectivity index (χ2v) is 7.88. The molecule has 1 aliphatic rings. The first-order valence-corrected chi connectivity index (χ1v) is 9.24. The molecule has 1 heterocycles. The van der Waals surface area contributed by atoms with Crippen molar-refractivity contribution in [3.63, 3.8) is 0 Å². The third-order valence-electron chi connectivity index (χ3n) is 4.06. The van der Waals surface area contributed by atoms with Crippen molar-refractivity contribution in [2.24, 2.45) is 5.92 Å². The molecule has 23 heavy (non-hydrogen) atoms. The SMILES string of the molecule is CCNCC1CCN(C(=O)c2ccc(SC(C)C)cc2)CC1.Cl. The van der Waals surface area contributed by atoms with Crippen LogP contribution in [-0.4, -0.2) is 42.2 Å². The van der Waals surface area contributed by atoms with Gasteiger partial charge in [0.2, 0.25) is 0 Å². The van der Waals surface area contributed by atoms with Gasteiger partial charge in [-0.1, -0.05) is 20.8 Å². The number of thioether (sulfide) groups is 1. The summed E-state index contributed by atoms with van der Waals surface area (Å²) in [5.41, 5.74) is 0.818. The van der Waals surface area contributed by atoms with Crippen LogP contribution in [0.2, 0.25) is 0 Å². The van der Waals surface area contributed by atoms with E-state index in [4.69, 9.17) is 0 Å². The highest BCUT2D eigenvalue weighted by atomic mass is 35.5. The van der Waals surface area contributed by atoms with Gasteiger partial charge in [0.1, 0.15) is 0 Å². The molecule has 0 radical (unpaired) electrons. The summed E-state index contributed by atoms with van der Waals surface area (Å²) < 4.78 is 0. The Morgan fingerprint density at radius 2 is 1.87 bits per heavy atom. The molecule has 1 aliphatic heterocycles. The fourth-order valence-electron chi connectivity index (χ4n) is 2.82. The van der Waals surface area contributed by atoms with E-state index in [0.717, 1.165) is 44.6 Å². The van der Waals surface area contributed by atoms with Gasteiger partial charge in [-0.15, -0.1) is 24.2 Å². The highest BCUT2D eigenvalue weighted by molar-refractivity contribution is 7.99. The van der Waals surface area contributed by atoms with Crippen LogP contribution in [0, 0.1) is 5.92 Å². The van der Waals surface area contributed by atoms with E-state index in [0.29, 0.717) is 11.2 Å². The van der Waals surface area contributed by atoms with Crippen molar-refractivity contribution in [3.05, 3.63) is 29.8 Å². The standard InChI is InChI=1S/C18H28N2OS.ClH/c1-4-19-13-15-9-11-20(12-10-15)18(21)16-5-7-17(8-6-16)22-14(2)3;/h5-8,14-15,19H,4,9-13H2,1-3H3;1H. The van der Waals surface area contributed by atoms with Gasteiger partial charge in [-0.2, -0.15) is 0 Å². The lowest BCUT2D eigenvalue weighted by atomic mass is 9.96. The summed E-state index contributed by atoms with van der Waals surface area (Å²) in [7, 11) is 0. The summed E-state index contributed by atoms with van der Waals surface area (Å²) in [5.74, 6) is 0.900. The number of likely N-dealkylation sites (tertiary alicyclic amines) is 1. The van der Waals surface area contributed by atoms with Crippen LogP contribution in [0.1, 0.15) is 44.0 Å². The van der Waals surface area contributed by atoms with E-state index >= 15 is 0 Å². The van der Waals surface area contributed by atoms with Crippen LogP contribution in [0.5, 0.6) is 0 Å². The molecule has 1 amide bonds. The van der Waals surface area contributed by atoms with E-state index in [1.165, 1.54) is 4.90 Å². The number of carbonyl (C=O) groups is 1. The first-order chi connectivity index (χ1) is 10.6. The zero-order valence-electron chi connectivity index (χ0n) is 14.4. The molecular weight excluding hydrogens is 328 g/mol. The summed E-state index contributed by atoms with van der Waals surface area (Å²) in [5, 5.41) is 3.98. The maximum Gasteiger partial charge on any atom is 0.253 e. The highest BCUT2D eigenvalue weighted by Crippen LogP contribution is 2.24. The van der Waals surface area contributed by atoms with Crippen molar-refractivity contribution in [2.75, 3.05) is 26.2 Å². The molecule has 0 atom stereocenters. The molecule has 3 nitrogen and oxygen atoms in total. The van der Waals surface area contributed by atoms with Gasteiger partial charge in [-0.3, -0.25) is 4.79 Å². The maximum absolute atomic E-state index is 12.6. The number of halogens is 1. The molecule has 0 aliphatic carbocycles. The average molecular weight is 357 g/mol.